The first-order chi connectivity index (χ1) is 8.72. The highest BCUT2D eigenvalue weighted by Crippen LogP contribution is 2.24. The predicted octanol–water partition coefficient (Wildman–Crippen LogP) is 2.53. The first-order valence-electron chi connectivity index (χ1n) is 6.57. The lowest BCUT2D eigenvalue weighted by Crippen LogP contribution is -2.29. The molecule has 0 unspecified atom stereocenters. The smallest absolute Gasteiger partial charge is 0.326 e. The Kier molecular flexibility index (Phi) is 4.52. The van der Waals surface area contributed by atoms with E-state index in [2.05, 4.69) is 17.1 Å². The molecule has 1 aliphatic rings. The summed E-state index contributed by atoms with van der Waals surface area (Å²) >= 11 is 1.55. The van der Waals surface area contributed by atoms with Crippen molar-refractivity contribution in [3.8, 4) is 0 Å². The van der Waals surface area contributed by atoms with Gasteiger partial charge in [-0.2, -0.15) is 0 Å². The summed E-state index contributed by atoms with van der Waals surface area (Å²) in [7, 11) is 1.81. The second-order valence-electron chi connectivity index (χ2n) is 4.64. The maximum atomic E-state index is 11.8. The summed E-state index contributed by atoms with van der Waals surface area (Å²) in [4.78, 5) is 15.2. The number of urea groups is 1. The number of hydrogen-bond acceptors (Lipinski definition) is 4. The molecule has 1 aromatic heterocycles. The van der Waals surface area contributed by atoms with Crippen molar-refractivity contribution in [1.29, 1.82) is 0 Å². The molecule has 18 heavy (non-hydrogen) atoms. The van der Waals surface area contributed by atoms with Crippen molar-refractivity contribution >= 4 is 22.5 Å². The highest BCUT2D eigenvalue weighted by Gasteiger charge is 2.29. The highest BCUT2D eigenvalue weighted by molar-refractivity contribution is 7.15. The lowest BCUT2D eigenvalue weighted by molar-refractivity contribution is 0.229. The van der Waals surface area contributed by atoms with E-state index in [0.29, 0.717) is 0 Å². The van der Waals surface area contributed by atoms with Gasteiger partial charge in [-0.25, -0.2) is 4.79 Å². The number of aryl methyl sites for hydroxylation is 1. The summed E-state index contributed by atoms with van der Waals surface area (Å²) < 4.78 is 0. The average molecular weight is 268 g/mol. The van der Waals surface area contributed by atoms with Crippen molar-refractivity contribution in [2.45, 2.75) is 39.0 Å². The zero-order valence-corrected chi connectivity index (χ0v) is 11.9. The monoisotopic (exact) mass is 268 g/mol. The molecule has 6 heteroatoms. The third kappa shape index (κ3) is 2.98. The maximum Gasteiger partial charge on any atom is 0.326 e. The van der Waals surface area contributed by atoms with Crippen LogP contribution in [0.15, 0.2) is 0 Å². The van der Waals surface area contributed by atoms with Gasteiger partial charge in [0.15, 0.2) is 0 Å². The second-order valence-corrected chi connectivity index (χ2v) is 5.69. The van der Waals surface area contributed by atoms with Gasteiger partial charge in [0.05, 0.1) is 0 Å². The Balaban J connectivity index is 1.88. The standard InChI is InChI=1S/C12H20N4OS/c1-3-4-5-6-7-10-13-14-11(18-10)16-9-8-15(2)12(16)17/h3-9H2,1-2H3. The molecule has 0 aliphatic carbocycles. The molecule has 1 aliphatic heterocycles. The van der Waals surface area contributed by atoms with Gasteiger partial charge in [0.1, 0.15) is 5.01 Å². The number of carbonyl (C=O) groups is 1. The van der Waals surface area contributed by atoms with Crippen molar-refractivity contribution in [1.82, 2.24) is 15.1 Å². The average Bonchev–Trinajstić information content (AvgIpc) is 2.94. The van der Waals surface area contributed by atoms with Crippen LogP contribution >= 0.6 is 11.3 Å². The van der Waals surface area contributed by atoms with E-state index in [1.165, 1.54) is 19.3 Å². The van der Waals surface area contributed by atoms with Gasteiger partial charge in [-0.1, -0.05) is 37.5 Å². The van der Waals surface area contributed by atoms with Crippen molar-refractivity contribution in [3.05, 3.63) is 5.01 Å². The van der Waals surface area contributed by atoms with Gasteiger partial charge in [-0.3, -0.25) is 4.90 Å². The number of carbonyl (C=O) groups excluding carboxylic acids is 1. The van der Waals surface area contributed by atoms with Crippen LogP contribution in [0.4, 0.5) is 9.93 Å². The summed E-state index contributed by atoms with van der Waals surface area (Å²) in [5.74, 6) is 0. The fourth-order valence-corrected chi connectivity index (χ4v) is 2.88. The summed E-state index contributed by atoms with van der Waals surface area (Å²) in [5, 5.41) is 10.1. The van der Waals surface area contributed by atoms with Crippen LogP contribution in [0.1, 0.15) is 37.6 Å². The molecule has 0 radical (unpaired) electrons. The van der Waals surface area contributed by atoms with Crippen LogP contribution in [0.5, 0.6) is 0 Å². The van der Waals surface area contributed by atoms with Crippen LogP contribution in [0.2, 0.25) is 0 Å². The zero-order chi connectivity index (χ0) is 13.0. The third-order valence-corrected chi connectivity index (χ3v) is 4.15. The van der Waals surface area contributed by atoms with Crippen LogP contribution in [-0.2, 0) is 6.42 Å². The number of hydrogen-bond donors (Lipinski definition) is 0. The van der Waals surface area contributed by atoms with Crippen molar-refractivity contribution in [2.75, 3.05) is 25.0 Å². The number of unbranched alkanes of at least 4 members (excludes halogenated alkanes) is 3. The molecule has 0 aromatic carbocycles. The Labute approximate surface area is 112 Å². The summed E-state index contributed by atoms with van der Waals surface area (Å²) in [5.41, 5.74) is 0. The largest absolute Gasteiger partial charge is 0.326 e. The Morgan fingerprint density at radius 1 is 1.22 bits per heavy atom. The van der Waals surface area contributed by atoms with Crippen LogP contribution in [-0.4, -0.2) is 41.3 Å². The number of rotatable bonds is 6. The molecule has 5 nitrogen and oxygen atoms in total. The summed E-state index contributed by atoms with van der Waals surface area (Å²) in [6.07, 6.45) is 5.92. The van der Waals surface area contributed by atoms with E-state index in [1.807, 2.05) is 7.05 Å². The van der Waals surface area contributed by atoms with Crippen LogP contribution in [0, 0.1) is 0 Å². The van der Waals surface area contributed by atoms with Gasteiger partial charge in [-0.15, -0.1) is 10.2 Å². The minimum atomic E-state index is 0.0312. The lowest BCUT2D eigenvalue weighted by Gasteiger charge is -2.10. The number of amides is 2. The van der Waals surface area contributed by atoms with Gasteiger partial charge in [-0.05, 0) is 6.42 Å². The number of aromatic nitrogens is 2. The molecule has 1 aromatic rings. The molecule has 2 rings (SSSR count). The van der Waals surface area contributed by atoms with Gasteiger partial charge in [0.2, 0.25) is 5.13 Å². The van der Waals surface area contributed by atoms with Gasteiger partial charge in [0, 0.05) is 26.6 Å². The van der Waals surface area contributed by atoms with Crippen molar-refractivity contribution in [2.24, 2.45) is 0 Å². The first-order valence-corrected chi connectivity index (χ1v) is 7.39. The van der Waals surface area contributed by atoms with E-state index >= 15 is 0 Å². The summed E-state index contributed by atoms with van der Waals surface area (Å²) in [6, 6.07) is 0.0312. The topological polar surface area (TPSA) is 49.3 Å². The first kappa shape index (κ1) is 13.3. The molecule has 0 spiro atoms. The Morgan fingerprint density at radius 2 is 2.06 bits per heavy atom. The number of anilines is 1. The minimum absolute atomic E-state index is 0.0312. The molecule has 100 valence electrons. The number of nitrogens with zero attached hydrogens (tertiary/aromatic N) is 4. The summed E-state index contributed by atoms with van der Waals surface area (Å²) in [6.45, 7) is 3.70. The second kappa shape index (κ2) is 6.13. The minimum Gasteiger partial charge on any atom is -0.326 e. The van der Waals surface area contributed by atoms with Gasteiger partial charge in [0.25, 0.3) is 0 Å². The Morgan fingerprint density at radius 3 is 2.72 bits per heavy atom. The molecule has 0 atom stereocenters. The van der Waals surface area contributed by atoms with E-state index in [4.69, 9.17) is 0 Å². The molecule has 1 fully saturated rings. The van der Waals surface area contributed by atoms with Crippen molar-refractivity contribution < 1.29 is 4.79 Å². The molecule has 2 amide bonds. The highest BCUT2D eigenvalue weighted by atomic mass is 32.1. The lowest BCUT2D eigenvalue weighted by atomic mass is 10.2. The van der Waals surface area contributed by atoms with Gasteiger partial charge < -0.3 is 4.90 Å². The Hall–Kier alpha value is -1.17. The van der Waals surface area contributed by atoms with Crippen molar-refractivity contribution in [3.63, 3.8) is 0 Å². The fourth-order valence-electron chi connectivity index (χ4n) is 1.98. The fraction of sp³-hybridized carbons (Fsp3) is 0.750. The maximum absolute atomic E-state index is 11.8. The quantitative estimate of drug-likeness (QED) is 0.745. The van der Waals surface area contributed by atoms with E-state index < -0.39 is 0 Å². The number of likely N-dealkylation sites (N-methyl/N-ethyl adjacent to an activating group) is 1. The predicted molar refractivity (Wildman–Crippen MR) is 73.1 cm³/mol. The SMILES string of the molecule is CCCCCCc1nnc(N2CCN(C)C2=O)s1. The third-order valence-electron chi connectivity index (χ3n) is 3.15. The van der Waals surface area contributed by atoms with Crippen LogP contribution in [0.3, 0.4) is 0 Å². The van der Waals surface area contributed by atoms with E-state index in [-0.39, 0.29) is 6.03 Å². The molecular weight excluding hydrogens is 248 g/mol. The van der Waals surface area contributed by atoms with Crippen LogP contribution < -0.4 is 4.90 Å². The van der Waals surface area contributed by atoms with E-state index in [1.54, 1.807) is 21.1 Å². The molecule has 2 heterocycles. The Bertz CT molecular complexity index is 407. The molecule has 1 saturated heterocycles. The molecule has 0 bridgehead atoms. The molecule has 0 N–H and O–H groups in total. The van der Waals surface area contributed by atoms with E-state index in [0.717, 1.165) is 36.1 Å². The molecular formula is C12H20N4OS. The zero-order valence-electron chi connectivity index (χ0n) is 11.1. The van der Waals surface area contributed by atoms with Crippen LogP contribution in [0.25, 0.3) is 0 Å². The van der Waals surface area contributed by atoms with E-state index in [9.17, 15) is 4.79 Å². The van der Waals surface area contributed by atoms with Gasteiger partial charge >= 0.3 is 6.03 Å². The normalized spacial score (nSPS) is 15.8. The molecule has 0 saturated carbocycles.